The highest BCUT2D eigenvalue weighted by Gasteiger charge is 2.61. The van der Waals surface area contributed by atoms with Crippen molar-refractivity contribution in [2.75, 3.05) is 0 Å². The first-order valence-electron chi connectivity index (χ1n) is 17.3. The van der Waals surface area contributed by atoms with Crippen LogP contribution >= 0.6 is 0 Å². The van der Waals surface area contributed by atoms with Crippen LogP contribution in [0.5, 0.6) is 0 Å². The van der Waals surface area contributed by atoms with Crippen LogP contribution in [0.25, 0.3) is 0 Å². The molecule has 0 bridgehead atoms. The largest absolute Gasteiger partial charge is 0.462 e. The zero-order chi connectivity index (χ0) is 28.5. The van der Waals surface area contributed by atoms with Crippen LogP contribution in [0.3, 0.4) is 0 Å². The molecule has 2 heteroatoms. The van der Waals surface area contributed by atoms with E-state index in [9.17, 15) is 4.79 Å². The lowest BCUT2D eigenvalue weighted by atomic mass is 9.43. The minimum absolute atomic E-state index is 0.0619. The topological polar surface area (TPSA) is 26.3 Å². The molecule has 4 rings (SSSR count). The summed E-state index contributed by atoms with van der Waals surface area (Å²) < 4.78 is 6.16. The summed E-state index contributed by atoms with van der Waals surface area (Å²) in [7, 11) is 0. The molecular formula is C37H64O2. The molecule has 4 fully saturated rings. The third kappa shape index (κ3) is 6.07. The number of allylic oxidation sites excluding steroid dienone is 2. The van der Waals surface area contributed by atoms with Gasteiger partial charge in [-0.25, -0.2) is 0 Å². The first-order chi connectivity index (χ1) is 18.4. The molecule has 0 heterocycles. The van der Waals surface area contributed by atoms with Crippen LogP contribution < -0.4 is 0 Å². The molecule has 0 saturated heterocycles. The van der Waals surface area contributed by atoms with Crippen molar-refractivity contribution >= 4 is 5.97 Å². The molecule has 0 N–H and O–H groups in total. The maximum absolute atomic E-state index is 12.6. The van der Waals surface area contributed by atoms with E-state index in [2.05, 4.69) is 68.4 Å². The van der Waals surface area contributed by atoms with Crippen molar-refractivity contribution in [2.24, 2.45) is 64.1 Å². The Labute approximate surface area is 242 Å². The van der Waals surface area contributed by atoms with E-state index >= 15 is 0 Å². The van der Waals surface area contributed by atoms with Crippen molar-refractivity contribution in [1.29, 1.82) is 0 Å². The predicted octanol–water partition coefficient (Wildman–Crippen LogP) is 10.6. The van der Waals surface area contributed by atoms with Crippen LogP contribution in [0, 0.1) is 64.1 Å². The van der Waals surface area contributed by atoms with Crippen molar-refractivity contribution < 1.29 is 9.53 Å². The summed E-state index contributed by atoms with van der Waals surface area (Å²) >= 11 is 0. The van der Waals surface area contributed by atoms with Crippen molar-refractivity contribution in [2.45, 2.75) is 152 Å². The van der Waals surface area contributed by atoms with Gasteiger partial charge in [-0.3, -0.25) is 4.79 Å². The lowest BCUT2D eigenvalue weighted by molar-refractivity contribution is -0.175. The molecule has 0 aromatic carbocycles. The molecule has 2 nitrogen and oxygen atoms in total. The number of fused-ring (bicyclic) bond motifs is 5. The quantitative estimate of drug-likeness (QED) is 0.156. The van der Waals surface area contributed by atoms with Crippen molar-refractivity contribution in [3.05, 3.63) is 11.6 Å². The fourth-order valence-corrected chi connectivity index (χ4v) is 10.9. The molecule has 0 aliphatic heterocycles. The number of carbonyl (C=O) groups excluding carboxylic acids is 1. The molecule has 0 unspecified atom stereocenters. The van der Waals surface area contributed by atoms with Gasteiger partial charge in [-0.1, -0.05) is 86.3 Å². The van der Waals surface area contributed by atoms with Crippen molar-refractivity contribution in [1.82, 2.24) is 0 Å². The van der Waals surface area contributed by atoms with Gasteiger partial charge in [0.25, 0.3) is 0 Å². The Hall–Kier alpha value is -0.790. The highest BCUT2D eigenvalue weighted by molar-refractivity contribution is 5.69. The number of rotatable bonds is 10. The van der Waals surface area contributed by atoms with Crippen LogP contribution in [-0.4, -0.2) is 12.1 Å². The minimum Gasteiger partial charge on any atom is -0.462 e. The van der Waals surface area contributed by atoms with E-state index in [1.807, 2.05) is 0 Å². The van der Waals surface area contributed by atoms with E-state index in [-0.39, 0.29) is 12.1 Å². The van der Waals surface area contributed by atoms with Gasteiger partial charge < -0.3 is 4.74 Å². The molecule has 4 aliphatic rings. The zero-order valence-electron chi connectivity index (χ0n) is 27.4. The lowest BCUT2D eigenvalue weighted by Gasteiger charge is -2.62. The summed E-state index contributed by atoms with van der Waals surface area (Å²) in [6, 6.07) is 0. The Balaban J connectivity index is 1.41. The predicted molar refractivity (Wildman–Crippen MR) is 165 cm³/mol. The third-order valence-corrected chi connectivity index (χ3v) is 13.6. The molecule has 39 heavy (non-hydrogen) atoms. The van der Waals surface area contributed by atoms with Gasteiger partial charge in [-0.15, -0.1) is 0 Å². The molecular weight excluding hydrogens is 476 g/mol. The third-order valence-electron chi connectivity index (χ3n) is 13.6. The second kappa shape index (κ2) is 12.6. The number of unbranched alkanes of at least 4 members (excludes halogenated alkanes) is 3. The van der Waals surface area contributed by atoms with Gasteiger partial charge in [0.05, 0.1) is 0 Å². The van der Waals surface area contributed by atoms with Gasteiger partial charge in [0.2, 0.25) is 0 Å². The van der Waals surface area contributed by atoms with Crippen LogP contribution in [0.2, 0.25) is 0 Å². The summed E-state index contributed by atoms with van der Waals surface area (Å²) in [5.41, 5.74) is 2.55. The fraction of sp³-hybridized carbons (Fsp3) is 0.919. The second-order valence-electron chi connectivity index (χ2n) is 15.8. The average molecular weight is 541 g/mol. The van der Waals surface area contributed by atoms with Gasteiger partial charge in [-0.05, 0) is 129 Å². The number of ether oxygens (including phenoxy) is 1. The van der Waals surface area contributed by atoms with E-state index in [1.165, 1.54) is 57.8 Å². The molecule has 224 valence electrons. The van der Waals surface area contributed by atoms with Crippen molar-refractivity contribution in [3.8, 4) is 0 Å². The standard InChI is InChI=1S/C37H64O2/c1-10-11-12-13-14-35(38)39-34-20-22-37(9)31(28(34)7)16-15-29-32-18-17-30(36(32,8)21-19-33(29)37)26(5)23-25(4)27(6)24(2)3/h23-24,26-34H,10-22H2,1-9H3/b25-23+/t26-,27-,28+,29+,30-,31+,32+,33+,34+,36-,37+/m1/s1. The summed E-state index contributed by atoms with van der Waals surface area (Å²) in [6.45, 7) is 22.1. The van der Waals surface area contributed by atoms with Crippen LogP contribution in [-0.2, 0) is 9.53 Å². The second-order valence-corrected chi connectivity index (χ2v) is 15.8. The lowest BCUT2D eigenvalue weighted by Crippen LogP contribution is -2.56. The van der Waals surface area contributed by atoms with Crippen molar-refractivity contribution in [3.63, 3.8) is 0 Å². The molecule has 11 atom stereocenters. The number of hydrogen-bond acceptors (Lipinski definition) is 2. The van der Waals surface area contributed by atoms with E-state index in [0.29, 0.717) is 40.9 Å². The average Bonchev–Trinajstić information content (AvgIpc) is 3.25. The number of hydrogen-bond donors (Lipinski definition) is 0. The Kier molecular flexibility index (Phi) is 10.1. The molecule has 4 saturated carbocycles. The Morgan fingerprint density at radius 2 is 1.54 bits per heavy atom. The molecule has 0 radical (unpaired) electrons. The highest BCUT2D eigenvalue weighted by Crippen LogP contribution is 2.69. The summed E-state index contributed by atoms with van der Waals surface area (Å²) in [6.07, 6.45) is 18.8. The minimum atomic E-state index is 0.0619. The smallest absolute Gasteiger partial charge is 0.306 e. The van der Waals surface area contributed by atoms with Crippen LogP contribution in [0.4, 0.5) is 0 Å². The Morgan fingerprint density at radius 3 is 2.23 bits per heavy atom. The van der Waals surface area contributed by atoms with Gasteiger partial charge in [-0.2, -0.15) is 0 Å². The fourth-order valence-electron chi connectivity index (χ4n) is 10.9. The van der Waals surface area contributed by atoms with Gasteiger partial charge in [0.1, 0.15) is 6.10 Å². The molecule has 0 aromatic rings. The van der Waals surface area contributed by atoms with E-state index in [4.69, 9.17) is 4.74 Å². The zero-order valence-corrected chi connectivity index (χ0v) is 27.4. The van der Waals surface area contributed by atoms with Gasteiger partial charge in [0.15, 0.2) is 0 Å². The van der Waals surface area contributed by atoms with Crippen LogP contribution in [0.1, 0.15) is 146 Å². The maximum atomic E-state index is 12.6. The first kappa shape index (κ1) is 31.2. The summed E-state index contributed by atoms with van der Waals surface area (Å²) in [4.78, 5) is 12.6. The molecule has 0 spiro atoms. The summed E-state index contributed by atoms with van der Waals surface area (Å²) in [5.74, 6) is 6.91. The molecule has 0 aromatic heterocycles. The van der Waals surface area contributed by atoms with E-state index in [0.717, 1.165) is 48.9 Å². The number of carbonyl (C=O) groups is 1. The molecule has 4 aliphatic carbocycles. The van der Waals surface area contributed by atoms with Crippen LogP contribution in [0.15, 0.2) is 11.6 Å². The SMILES string of the molecule is CCCCCCC(=O)O[C@H]1CC[C@@]2(C)[C@@H](CC[C@@H]3[C@@H]2CC[C@]2(C)[C@@H]([C@H](C)/C=C(\C)[C@H](C)C(C)C)CC[C@@H]32)[C@@H]1C. The normalized spacial score (nSPS) is 41.9. The van der Waals surface area contributed by atoms with Gasteiger partial charge >= 0.3 is 5.97 Å². The van der Waals surface area contributed by atoms with Gasteiger partial charge in [0, 0.05) is 6.42 Å². The molecule has 0 amide bonds. The Bertz CT molecular complexity index is 857. The number of esters is 1. The Morgan fingerprint density at radius 1 is 0.872 bits per heavy atom. The van der Waals surface area contributed by atoms with E-state index in [1.54, 1.807) is 5.57 Å². The van der Waals surface area contributed by atoms with E-state index < -0.39 is 0 Å². The first-order valence-corrected chi connectivity index (χ1v) is 17.3. The summed E-state index contributed by atoms with van der Waals surface area (Å²) in [5, 5.41) is 0. The maximum Gasteiger partial charge on any atom is 0.306 e. The monoisotopic (exact) mass is 540 g/mol. The highest BCUT2D eigenvalue weighted by atomic mass is 16.5.